The number of aliphatic hydroxyl groups excluding tert-OH is 1. The predicted molar refractivity (Wildman–Crippen MR) is 76.3 cm³/mol. The van der Waals surface area contributed by atoms with Crippen LogP contribution in [0.3, 0.4) is 0 Å². The average molecular weight is 263 g/mol. The molecule has 0 fully saturated rings. The number of carbonyl (C=O) groups is 1. The summed E-state index contributed by atoms with van der Waals surface area (Å²) in [7, 11) is 3.72. The molecule has 2 unspecified atom stereocenters. The molecule has 1 aromatic carbocycles. The molecular weight excluding hydrogens is 242 g/mol. The third kappa shape index (κ3) is 2.57. The highest BCUT2D eigenvalue weighted by Crippen LogP contribution is 2.36. The second-order valence-corrected chi connectivity index (χ2v) is 5.18. The van der Waals surface area contributed by atoms with Crippen molar-refractivity contribution in [1.82, 2.24) is 0 Å². The molecule has 1 aromatic rings. The van der Waals surface area contributed by atoms with E-state index >= 15 is 0 Å². The summed E-state index contributed by atoms with van der Waals surface area (Å²) in [6.45, 7) is 2.54. The van der Waals surface area contributed by atoms with Crippen LogP contribution in [0.2, 0.25) is 0 Å². The third-order valence-electron chi connectivity index (χ3n) is 3.63. The number of likely N-dealkylation sites (N-methyl/N-ethyl adjacent to an activating group) is 1. The predicted octanol–water partition coefficient (Wildman–Crippen LogP) is 0.870. The molecule has 19 heavy (non-hydrogen) atoms. The summed E-state index contributed by atoms with van der Waals surface area (Å²) in [5.74, 6) is -0.0706. The van der Waals surface area contributed by atoms with Gasteiger partial charge in [0.05, 0.1) is 11.8 Å². The number of hydrogen-bond donors (Lipinski definition) is 2. The molecule has 1 amide bonds. The number of amides is 1. The van der Waals surface area contributed by atoms with Gasteiger partial charge in [-0.15, -0.1) is 0 Å². The van der Waals surface area contributed by atoms with Crippen molar-refractivity contribution >= 4 is 17.3 Å². The van der Waals surface area contributed by atoms with Gasteiger partial charge in [0.25, 0.3) is 0 Å². The molecule has 2 atom stereocenters. The number of fused-ring (bicyclic) bond motifs is 1. The number of anilines is 2. The Kier molecular flexibility index (Phi) is 3.78. The molecule has 2 rings (SSSR count). The second-order valence-electron chi connectivity index (χ2n) is 5.18. The Hall–Kier alpha value is -1.59. The maximum atomic E-state index is 11.8. The van der Waals surface area contributed by atoms with Gasteiger partial charge in [-0.05, 0) is 25.5 Å². The Morgan fingerprint density at radius 1 is 1.53 bits per heavy atom. The molecular formula is C14H21N3O2. The Labute approximate surface area is 113 Å². The smallest absolute Gasteiger partial charge is 0.248 e. The molecule has 1 aliphatic heterocycles. The number of hydrogen-bond acceptors (Lipinski definition) is 4. The Morgan fingerprint density at radius 2 is 2.21 bits per heavy atom. The number of nitrogens with two attached hydrogens (primary N) is 1. The summed E-state index contributed by atoms with van der Waals surface area (Å²) in [5, 5.41) is 9.32. The van der Waals surface area contributed by atoms with Crippen molar-refractivity contribution < 1.29 is 9.90 Å². The van der Waals surface area contributed by atoms with Crippen molar-refractivity contribution in [1.29, 1.82) is 0 Å². The molecule has 104 valence electrons. The number of nitrogens with zero attached hydrogens (tertiary/aromatic N) is 2. The van der Waals surface area contributed by atoms with Crippen LogP contribution in [0.25, 0.3) is 0 Å². The lowest BCUT2D eigenvalue weighted by Gasteiger charge is -2.21. The molecule has 5 heteroatoms. The van der Waals surface area contributed by atoms with Gasteiger partial charge in [0.2, 0.25) is 5.91 Å². The summed E-state index contributed by atoms with van der Waals surface area (Å²) in [5.41, 5.74) is 8.64. The van der Waals surface area contributed by atoms with Gasteiger partial charge in [0.15, 0.2) is 0 Å². The van der Waals surface area contributed by atoms with E-state index in [-0.39, 0.29) is 12.0 Å². The summed E-state index contributed by atoms with van der Waals surface area (Å²) in [4.78, 5) is 15.5. The lowest BCUT2D eigenvalue weighted by molar-refractivity contribution is -0.118. The van der Waals surface area contributed by atoms with E-state index in [0.717, 1.165) is 23.5 Å². The van der Waals surface area contributed by atoms with E-state index < -0.39 is 6.04 Å². The van der Waals surface area contributed by atoms with Crippen molar-refractivity contribution in [2.45, 2.75) is 25.5 Å². The van der Waals surface area contributed by atoms with Gasteiger partial charge in [-0.1, -0.05) is 6.07 Å². The first-order valence-electron chi connectivity index (χ1n) is 6.48. The molecule has 0 aromatic heterocycles. The van der Waals surface area contributed by atoms with Gasteiger partial charge < -0.3 is 20.6 Å². The van der Waals surface area contributed by atoms with Crippen molar-refractivity contribution in [3.63, 3.8) is 0 Å². The molecule has 1 aliphatic rings. The average Bonchev–Trinajstić information content (AvgIpc) is 2.61. The van der Waals surface area contributed by atoms with E-state index in [1.54, 1.807) is 18.9 Å². The van der Waals surface area contributed by atoms with E-state index in [9.17, 15) is 9.90 Å². The Morgan fingerprint density at radius 3 is 2.84 bits per heavy atom. The highest BCUT2D eigenvalue weighted by Gasteiger charge is 2.32. The fourth-order valence-corrected chi connectivity index (χ4v) is 2.29. The van der Waals surface area contributed by atoms with Crippen LogP contribution in [-0.2, 0) is 4.79 Å². The van der Waals surface area contributed by atoms with Crippen LogP contribution in [0.5, 0.6) is 0 Å². The van der Waals surface area contributed by atoms with Crippen molar-refractivity contribution in [3.8, 4) is 0 Å². The third-order valence-corrected chi connectivity index (χ3v) is 3.63. The summed E-state index contributed by atoms with van der Waals surface area (Å²) in [6.07, 6.45) is 0.400. The maximum Gasteiger partial charge on any atom is 0.248 e. The van der Waals surface area contributed by atoms with Crippen molar-refractivity contribution in [3.05, 3.63) is 23.8 Å². The minimum atomic E-state index is -0.545. The van der Waals surface area contributed by atoms with E-state index in [2.05, 4.69) is 4.90 Å². The molecule has 0 spiro atoms. The highest BCUT2D eigenvalue weighted by molar-refractivity contribution is 6.04. The largest absolute Gasteiger partial charge is 0.393 e. The quantitative estimate of drug-likeness (QED) is 0.845. The first-order valence-corrected chi connectivity index (χ1v) is 6.48. The lowest BCUT2D eigenvalue weighted by atomic mass is 10.1. The minimum Gasteiger partial charge on any atom is -0.393 e. The lowest BCUT2D eigenvalue weighted by Crippen LogP contribution is -2.27. The number of carbonyl (C=O) groups excluding carboxylic acids is 1. The summed E-state index contributed by atoms with van der Waals surface area (Å²) >= 11 is 0. The van der Waals surface area contributed by atoms with Crippen molar-refractivity contribution in [2.24, 2.45) is 5.73 Å². The van der Waals surface area contributed by atoms with E-state index in [4.69, 9.17) is 5.73 Å². The van der Waals surface area contributed by atoms with E-state index in [1.165, 1.54) is 0 Å². The maximum absolute atomic E-state index is 11.8. The zero-order valence-corrected chi connectivity index (χ0v) is 11.6. The molecule has 0 bridgehead atoms. The van der Waals surface area contributed by atoms with Crippen LogP contribution in [-0.4, -0.2) is 37.8 Å². The molecule has 0 radical (unpaired) electrons. The van der Waals surface area contributed by atoms with Crippen LogP contribution < -0.4 is 15.5 Å². The number of rotatable bonds is 4. The van der Waals surface area contributed by atoms with E-state index in [0.29, 0.717) is 6.42 Å². The van der Waals surface area contributed by atoms with Gasteiger partial charge in [-0.3, -0.25) is 4.79 Å². The Balaban J connectivity index is 2.20. The highest BCUT2D eigenvalue weighted by atomic mass is 16.3. The molecule has 0 saturated heterocycles. The number of benzene rings is 1. The molecule has 5 nitrogen and oxygen atoms in total. The molecule has 0 aliphatic carbocycles. The SMILES string of the molecule is CC(O)CCN(C)c1ccc2c(c1)N(C)C(=O)C2N. The van der Waals surface area contributed by atoms with Gasteiger partial charge in [-0.2, -0.15) is 0 Å². The normalized spacial score (nSPS) is 19.5. The number of aliphatic hydroxyl groups is 1. The van der Waals surface area contributed by atoms with Crippen LogP contribution in [0, 0.1) is 0 Å². The fraction of sp³-hybridized carbons (Fsp3) is 0.500. The van der Waals surface area contributed by atoms with Crippen LogP contribution in [0.1, 0.15) is 24.9 Å². The topological polar surface area (TPSA) is 69.8 Å². The first-order chi connectivity index (χ1) is 8.91. The van der Waals surface area contributed by atoms with E-state index in [1.807, 2.05) is 25.2 Å². The minimum absolute atomic E-state index is 0.0706. The zero-order valence-electron chi connectivity index (χ0n) is 11.6. The zero-order chi connectivity index (χ0) is 14.2. The second kappa shape index (κ2) is 5.19. The van der Waals surface area contributed by atoms with Gasteiger partial charge in [0, 0.05) is 31.9 Å². The summed E-state index contributed by atoms with van der Waals surface area (Å²) in [6, 6.07) is 5.31. The Bertz CT molecular complexity index is 488. The van der Waals surface area contributed by atoms with Gasteiger partial charge >= 0.3 is 0 Å². The van der Waals surface area contributed by atoms with Crippen LogP contribution in [0.15, 0.2) is 18.2 Å². The standard InChI is InChI=1S/C14H21N3O2/c1-9(18)6-7-16(2)10-4-5-11-12(8-10)17(3)14(19)13(11)15/h4-5,8-9,13,18H,6-7,15H2,1-3H3. The van der Waals surface area contributed by atoms with Gasteiger partial charge in [0.1, 0.15) is 6.04 Å². The van der Waals surface area contributed by atoms with Crippen LogP contribution in [0.4, 0.5) is 11.4 Å². The molecule has 1 heterocycles. The monoisotopic (exact) mass is 263 g/mol. The first kappa shape index (κ1) is 13.8. The summed E-state index contributed by atoms with van der Waals surface area (Å²) < 4.78 is 0. The molecule has 0 saturated carbocycles. The van der Waals surface area contributed by atoms with Gasteiger partial charge in [-0.25, -0.2) is 0 Å². The fourth-order valence-electron chi connectivity index (χ4n) is 2.29. The van der Waals surface area contributed by atoms with Crippen LogP contribution >= 0.6 is 0 Å². The molecule has 3 N–H and O–H groups in total. The van der Waals surface area contributed by atoms with Crippen molar-refractivity contribution in [2.75, 3.05) is 30.4 Å².